The van der Waals surface area contributed by atoms with Gasteiger partial charge >= 0.3 is 5.97 Å². The summed E-state index contributed by atoms with van der Waals surface area (Å²) in [4.78, 5) is 21.5. The van der Waals surface area contributed by atoms with Gasteiger partial charge in [0.1, 0.15) is 6.04 Å². The molecule has 0 aliphatic carbocycles. The van der Waals surface area contributed by atoms with Crippen LogP contribution in [0.2, 0.25) is 0 Å². The zero-order valence-electron chi connectivity index (χ0n) is 11.1. The number of carboxylic acid groups (broad SMARTS) is 1. The average Bonchev–Trinajstić information content (AvgIpc) is 2.30. The first-order valence-electron chi connectivity index (χ1n) is 5.95. The Labute approximate surface area is 113 Å². The van der Waals surface area contributed by atoms with Crippen LogP contribution in [0, 0.1) is 0 Å². The van der Waals surface area contributed by atoms with Gasteiger partial charge in [-0.05, 0) is 12.8 Å². The number of nitrogens with one attached hydrogen (secondary N) is 1. The summed E-state index contributed by atoms with van der Waals surface area (Å²) in [5.74, 6) is -2.02. The van der Waals surface area contributed by atoms with Crippen LogP contribution >= 0.6 is 0 Å². The second kappa shape index (κ2) is 8.08. The van der Waals surface area contributed by atoms with Gasteiger partial charge in [0.05, 0.1) is 0 Å². The number of carbonyl (C=O) groups is 2. The lowest BCUT2D eigenvalue weighted by Gasteiger charge is -2.20. The summed E-state index contributed by atoms with van der Waals surface area (Å²) in [6, 6.07) is -1.36. The van der Waals surface area contributed by atoms with Gasteiger partial charge in [-0.2, -0.15) is 17.4 Å². The van der Waals surface area contributed by atoms with Gasteiger partial charge in [-0.15, -0.1) is 0 Å². The molecular formula is C10H21N3O5S. The molecule has 4 N–H and O–H groups in total. The number of nitrogens with zero attached hydrogens (tertiary/aromatic N) is 1. The summed E-state index contributed by atoms with van der Waals surface area (Å²) < 4.78 is 26.8. The number of nitrogens with two attached hydrogens (primary N) is 1. The van der Waals surface area contributed by atoms with Crippen molar-refractivity contribution in [3.63, 3.8) is 0 Å². The highest BCUT2D eigenvalue weighted by molar-refractivity contribution is 7.87. The molecule has 19 heavy (non-hydrogen) atoms. The summed E-state index contributed by atoms with van der Waals surface area (Å²) in [5, 5.41) is 8.91. The molecule has 0 radical (unpaired) electrons. The van der Waals surface area contributed by atoms with Crippen LogP contribution in [0.15, 0.2) is 0 Å². The summed E-state index contributed by atoms with van der Waals surface area (Å²) in [6.07, 6.45) is 1.13. The van der Waals surface area contributed by atoms with Crippen molar-refractivity contribution in [3.8, 4) is 0 Å². The van der Waals surface area contributed by atoms with Gasteiger partial charge in [-0.3, -0.25) is 9.59 Å². The number of unbranched alkanes of at least 4 members (excludes halogenated alkanes) is 1. The smallest absolute Gasteiger partial charge is 0.321 e. The zero-order chi connectivity index (χ0) is 15.1. The van der Waals surface area contributed by atoms with E-state index in [2.05, 4.69) is 0 Å². The fourth-order valence-electron chi connectivity index (χ4n) is 1.29. The van der Waals surface area contributed by atoms with Crippen molar-refractivity contribution in [2.45, 2.75) is 38.6 Å². The van der Waals surface area contributed by atoms with Crippen LogP contribution in [-0.2, 0) is 19.8 Å². The SMILES string of the molecule is CCCCN(C)S(=O)(=O)N[C@H](CCC(N)=O)C(=O)O. The van der Waals surface area contributed by atoms with Crippen molar-refractivity contribution in [1.29, 1.82) is 0 Å². The van der Waals surface area contributed by atoms with Crippen molar-refractivity contribution in [2.24, 2.45) is 5.73 Å². The van der Waals surface area contributed by atoms with Crippen LogP contribution < -0.4 is 10.5 Å². The molecular weight excluding hydrogens is 274 g/mol. The Hall–Kier alpha value is -1.19. The van der Waals surface area contributed by atoms with Crippen LogP contribution in [0.25, 0.3) is 0 Å². The molecule has 0 saturated carbocycles. The summed E-state index contributed by atoms with van der Waals surface area (Å²) in [7, 11) is -2.51. The largest absolute Gasteiger partial charge is 0.480 e. The summed E-state index contributed by atoms with van der Waals surface area (Å²) in [6.45, 7) is 2.22. The summed E-state index contributed by atoms with van der Waals surface area (Å²) >= 11 is 0. The first kappa shape index (κ1) is 17.8. The van der Waals surface area contributed by atoms with E-state index in [4.69, 9.17) is 10.8 Å². The van der Waals surface area contributed by atoms with Gasteiger partial charge in [-0.1, -0.05) is 13.3 Å². The third-order valence-corrected chi connectivity index (χ3v) is 4.09. The minimum absolute atomic E-state index is 0.175. The van der Waals surface area contributed by atoms with Crippen LogP contribution in [0.4, 0.5) is 0 Å². The number of aliphatic carboxylic acids is 1. The van der Waals surface area contributed by atoms with E-state index >= 15 is 0 Å². The lowest BCUT2D eigenvalue weighted by molar-refractivity contribution is -0.139. The van der Waals surface area contributed by atoms with Crippen LogP contribution in [-0.4, -0.2) is 49.3 Å². The predicted octanol–water partition coefficient (Wildman–Crippen LogP) is -0.729. The van der Waals surface area contributed by atoms with Crippen molar-refractivity contribution in [1.82, 2.24) is 9.03 Å². The van der Waals surface area contributed by atoms with E-state index in [-0.39, 0.29) is 12.8 Å². The number of rotatable bonds is 10. The van der Waals surface area contributed by atoms with Gasteiger partial charge in [0, 0.05) is 20.0 Å². The highest BCUT2D eigenvalue weighted by Crippen LogP contribution is 2.04. The predicted molar refractivity (Wildman–Crippen MR) is 69.4 cm³/mol. The van der Waals surface area contributed by atoms with Gasteiger partial charge in [-0.25, -0.2) is 0 Å². The Balaban J connectivity index is 4.64. The van der Waals surface area contributed by atoms with Gasteiger partial charge < -0.3 is 10.8 Å². The first-order valence-corrected chi connectivity index (χ1v) is 7.39. The van der Waals surface area contributed by atoms with Crippen LogP contribution in [0.1, 0.15) is 32.6 Å². The van der Waals surface area contributed by atoms with E-state index in [0.717, 1.165) is 10.7 Å². The molecule has 9 heteroatoms. The van der Waals surface area contributed by atoms with Crippen molar-refractivity contribution < 1.29 is 23.1 Å². The molecule has 0 unspecified atom stereocenters. The van der Waals surface area contributed by atoms with Gasteiger partial charge in [0.15, 0.2) is 0 Å². The molecule has 0 heterocycles. The number of hydrogen-bond acceptors (Lipinski definition) is 4. The lowest BCUT2D eigenvalue weighted by atomic mass is 10.2. The highest BCUT2D eigenvalue weighted by Gasteiger charge is 2.26. The molecule has 0 aliphatic heterocycles. The molecule has 0 saturated heterocycles. The Kier molecular flexibility index (Phi) is 7.57. The van der Waals surface area contributed by atoms with E-state index in [1.54, 1.807) is 0 Å². The number of primary amides is 1. The molecule has 0 fully saturated rings. The lowest BCUT2D eigenvalue weighted by Crippen LogP contribution is -2.47. The number of carbonyl (C=O) groups excluding carboxylic acids is 1. The second-order valence-electron chi connectivity index (χ2n) is 4.19. The molecule has 0 rings (SSSR count). The standard InChI is InChI=1S/C10H21N3O5S/c1-3-4-7-13(2)19(17,18)12-8(10(15)16)5-6-9(11)14/h8,12H,3-7H2,1-2H3,(H2,11,14)(H,15,16)/t8-/m1/s1. The molecule has 0 bridgehead atoms. The third kappa shape index (κ3) is 7.09. The fourth-order valence-corrected chi connectivity index (χ4v) is 2.42. The molecule has 0 aromatic rings. The van der Waals surface area contributed by atoms with E-state index in [9.17, 15) is 18.0 Å². The molecule has 112 valence electrons. The minimum atomic E-state index is -3.87. The van der Waals surface area contributed by atoms with E-state index in [1.165, 1.54) is 7.05 Å². The van der Waals surface area contributed by atoms with Crippen molar-refractivity contribution >= 4 is 22.1 Å². The van der Waals surface area contributed by atoms with Crippen LogP contribution in [0.5, 0.6) is 0 Å². The maximum absolute atomic E-state index is 11.8. The fraction of sp³-hybridized carbons (Fsp3) is 0.800. The molecule has 0 aromatic carbocycles. The molecule has 0 spiro atoms. The van der Waals surface area contributed by atoms with Gasteiger partial charge in [0.2, 0.25) is 5.91 Å². The average molecular weight is 295 g/mol. The summed E-state index contributed by atoms with van der Waals surface area (Å²) in [5.41, 5.74) is 4.91. The second-order valence-corrected chi connectivity index (χ2v) is 6.00. The number of hydrogen-bond donors (Lipinski definition) is 3. The van der Waals surface area contributed by atoms with Gasteiger partial charge in [0.25, 0.3) is 10.2 Å². The molecule has 8 nitrogen and oxygen atoms in total. The molecule has 1 atom stereocenters. The topological polar surface area (TPSA) is 130 Å². The van der Waals surface area contributed by atoms with E-state index < -0.39 is 28.1 Å². The third-order valence-electron chi connectivity index (χ3n) is 2.51. The monoisotopic (exact) mass is 295 g/mol. The Morgan fingerprint density at radius 2 is 2.00 bits per heavy atom. The Bertz CT molecular complexity index is 409. The maximum atomic E-state index is 11.8. The number of amides is 1. The van der Waals surface area contributed by atoms with Crippen molar-refractivity contribution in [2.75, 3.05) is 13.6 Å². The van der Waals surface area contributed by atoms with E-state index in [1.807, 2.05) is 11.6 Å². The normalized spacial score (nSPS) is 13.4. The molecule has 1 amide bonds. The van der Waals surface area contributed by atoms with Crippen LogP contribution in [0.3, 0.4) is 0 Å². The Morgan fingerprint density at radius 1 is 1.42 bits per heavy atom. The zero-order valence-corrected chi connectivity index (χ0v) is 11.9. The Morgan fingerprint density at radius 3 is 2.42 bits per heavy atom. The van der Waals surface area contributed by atoms with E-state index in [0.29, 0.717) is 13.0 Å². The first-order chi connectivity index (χ1) is 8.70. The van der Waals surface area contributed by atoms with Crippen molar-refractivity contribution in [3.05, 3.63) is 0 Å². The minimum Gasteiger partial charge on any atom is -0.480 e. The maximum Gasteiger partial charge on any atom is 0.321 e. The quantitative estimate of drug-likeness (QED) is 0.489. The molecule has 0 aliphatic rings. The molecule has 0 aromatic heterocycles. The number of carboxylic acids is 1. The highest BCUT2D eigenvalue weighted by atomic mass is 32.2.